The van der Waals surface area contributed by atoms with Crippen molar-refractivity contribution in [3.63, 3.8) is 0 Å². The number of halogens is 1. The Morgan fingerprint density at radius 3 is 2.53 bits per heavy atom. The number of anilines is 1. The van der Waals surface area contributed by atoms with Crippen molar-refractivity contribution in [1.82, 2.24) is 10.6 Å². The summed E-state index contributed by atoms with van der Waals surface area (Å²) in [5.41, 5.74) is 1.61. The molecule has 0 aromatic heterocycles. The maximum atomic E-state index is 11.4. The second-order valence-electron chi connectivity index (χ2n) is 7.55. The van der Waals surface area contributed by atoms with E-state index >= 15 is 0 Å². The first kappa shape index (κ1) is 27.2. The Balaban J connectivity index is 0.00000408. The van der Waals surface area contributed by atoms with E-state index in [2.05, 4.69) is 45.2 Å². The zero-order valence-electron chi connectivity index (χ0n) is 19.9. The molecule has 0 unspecified atom stereocenters. The van der Waals surface area contributed by atoms with Crippen molar-refractivity contribution in [1.29, 1.82) is 0 Å². The van der Waals surface area contributed by atoms with Gasteiger partial charge in [0.1, 0.15) is 11.5 Å². The predicted octanol–water partition coefficient (Wildman–Crippen LogP) is 4.95. The molecule has 0 saturated heterocycles. The van der Waals surface area contributed by atoms with Gasteiger partial charge in [-0.25, -0.2) is 4.99 Å². The van der Waals surface area contributed by atoms with Crippen LogP contribution in [0, 0.1) is 0 Å². The topological polar surface area (TPSA) is 84.0 Å². The van der Waals surface area contributed by atoms with E-state index in [-0.39, 0.29) is 29.9 Å². The number of amides is 1. The molecule has 0 radical (unpaired) electrons. The second-order valence-corrected chi connectivity index (χ2v) is 7.55. The number of fused-ring (bicyclic) bond motifs is 1. The summed E-state index contributed by atoms with van der Waals surface area (Å²) >= 11 is 0. The molecular formula is C26H33IN4O3. The molecular weight excluding hydrogens is 543 g/mol. The molecule has 3 rings (SSSR count). The zero-order valence-corrected chi connectivity index (χ0v) is 22.2. The summed E-state index contributed by atoms with van der Waals surface area (Å²) in [6, 6.07) is 20.1. The number of nitrogens with one attached hydrogen (secondary N) is 3. The highest BCUT2D eigenvalue weighted by molar-refractivity contribution is 14.0. The molecule has 0 bridgehead atoms. The lowest BCUT2D eigenvalue weighted by molar-refractivity contribution is -0.114. The van der Waals surface area contributed by atoms with E-state index in [0.29, 0.717) is 24.6 Å². The fourth-order valence-corrected chi connectivity index (χ4v) is 3.38. The number of ether oxygens (including phenoxy) is 2. The van der Waals surface area contributed by atoms with Crippen molar-refractivity contribution in [2.24, 2.45) is 4.99 Å². The molecule has 0 aliphatic carbocycles. The smallest absolute Gasteiger partial charge is 0.221 e. The van der Waals surface area contributed by atoms with Gasteiger partial charge in [0, 0.05) is 20.0 Å². The van der Waals surface area contributed by atoms with E-state index < -0.39 is 0 Å². The van der Waals surface area contributed by atoms with E-state index in [0.717, 1.165) is 36.8 Å². The van der Waals surface area contributed by atoms with Crippen molar-refractivity contribution < 1.29 is 14.3 Å². The number of benzene rings is 3. The molecule has 3 aromatic rings. The van der Waals surface area contributed by atoms with Crippen LogP contribution in [-0.2, 0) is 11.3 Å². The van der Waals surface area contributed by atoms with E-state index in [4.69, 9.17) is 9.47 Å². The van der Waals surface area contributed by atoms with Crippen molar-refractivity contribution in [2.45, 2.75) is 26.8 Å². The van der Waals surface area contributed by atoms with Gasteiger partial charge >= 0.3 is 0 Å². The van der Waals surface area contributed by atoms with Crippen LogP contribution < -0.4 is 25.4 Å². The van der Waals surface area contributed by atoms with Crippen LogP contribution in [0.2, 0.25) is 0 Å². The Morgan fingerprint density at radius 1 is 1.00 bits per heavy atom. The number of hydrogen-bond acceptors (Lipinski definition) is 4. The number of rotatable bonds is 10. The zero-order chi connectivity index (χ0) is 23.5. The van der Waals surface area contributed by atoms with Crippen molar-refractivity contribution in [2.75, 3.05) is 32.1 Å². The van der Waals surface area contributed by atoms with Gasteiger partial charge in [-0.15, -0.1) is 24.0 Å². The van der Waals surface area contributed by atoms with Crippen LogP contribution in [0.4, 0.5) is 5.69 Å². The molecule has 8 heteroatoms. The number of methoxy groups -OCH3 is 1. The molecule has 1 amide bonds. The number of carbonyl (C=O) groups excluding carboxylic acids is 1. The Bertz CT molecular complexity index is 1100. The number of hydrogen-bond donors (Lipinski definition) is 3. The van der Waals surface area contributed by atoms with Gasteiger partial charge in [0.05, 0.1) is 25.9 Å². The predicted molar refractivity (Wildman–Crippen MR) is 150 cm³/mol. The van der Waals surface area contributed by atoms with Gasteiger partial charge in [0.25, 0.3) is 0 Å². The van der Waals surface area contributed by atoms with Crippen LogP contribution in [-0.4, -0.2) is 38.7 Å². The summed E-state index contributed by atoms with van der Waals surface area (Å²) in [4.78, 5) is 16.1. The Kier molecular flexibility index (Phi) is 11.5. The quantitative estimate of drug-likeness (QED) is 0.138. The first-order valence-electron chi connectivity index (χ1n) is 11.2. The van der Waals surface area contributed by atoms with Crippen LogP contribution in [0.15, 0.2) is 65.7 Å². The largest absolute Gasteiger partial charge is 0.495 e. The van der Waals surface area contributed by atoms with Crippen molar-refractivity contribution in [3.05, 3.63) is 66.2 Å². The highest BCUT2D eigenvalue weighted by Gasteiger charge is 2.06. The number of aliphatic imine (C=N–C) groups is 1. The van der Waals surface area contributed by atoms with E-state index in [1.165, 1.54) is 17.7 Å². The number of carbonyl (C=O) groups is 1. The first-order chi connectivity index (χ1) is 16.1. The molecule has 0 heterocycles. The number of nitrogens with zero attached hydrogens (tertiary/aromatic N) is 1. The standard InChI is InChI=1S/C26H32N4O3.HI/c1-4-27-26(29-18-20-10-13-25(32-3)24(16-20)30-19(2)31)28-14-7-15-33-23-12-11-21-8-5-6-9-22(21)17-23;/h5-6,8-13,16-17H,4,7,14-15,18H2,1-3H3,(H,30,31)(H2,27,28,29);1H. The summed E-state index contributed by atoms with van der Waals surface area (Å²) in [5.74, 6) is 2.09. The third-order valence-electron chi connectivity index (χ3n) is 4.94. The van der Waals surface area contributed by atoms with Gasteiger partial charge in [-0.2, -0.15) is 0 Å². The fraction of sp³-hybridized carbons (Fsp3) is 0.308. The Hall–Kier alpha value is -3.01. The summed E-state index contributed by atoms with van der Waals surface area (Å²) in [6.45, 7) is 6.09. The molecule has 0 fully saturated rings. The normalized spacial score (nSPS) is 10.9. The lowest BCUT2D eigenvalue weighted by atomic mass is 10.1. The SMILES string of the molecule is CCNC(=NCc1ccc(OC)c(NC(C)=O)c1)NCCCOc1ccc2ccccc2c1.I. The maximum absolute atomic E-state index is 11.4. The molecule has 0 atom stereocenters. The van der Waals surface area contributed by atoms with Gasteiger partial charge in [-0.05, 0) is 53.9 Å². The Morgan fingerprint density at radius 2 is 1.79 bits per heavy atom. The highest BCUT2D eigenvalue weighted by atomic mass is 127. The average Bonchev–Trinajstić information content (AvgIpc) is 2.82. The van der Waals surface area contributed by atoms with Crippen LogP contribution in [0.25, 0.3) is 10.8 Å². The van der Waals surface area contributed by atoms with E-state index in [1.54, 1.807) is 7.11 Å². The molecule has 0 spiro atoms. The molecule has 182 valence electrons. The van der Waals surface area contributed by atoms with Gasteiger partial charge in [-0.3, -0.25) is 4.79 Å². The van der Waals surface area contributed by atoms with Crippen LogP contribution in [0.3, 0.4) is 0 Å². The fourth-order valence-electron chi connectivity index (χ4n) is 3.38. The molecule has 0 aliphatic rings. The lowest BCUT2D eigenvalue weighted by Crippen LogP contribution is -2.38. The van der Waals surface area contributed by atoms with Crippen molar-refractivity contribution >= 4 is 52.3 Å². The average molecular weight is 576 g/mol. The first-order valence-corrected chi connectivity index (χ1v) is 11.2. The van der Waals surface area contributed by atoms with Gasteiger partial charge < -0.3 is 25.4 Å². The summed E-state index contributed by atoms with van der Waals surface area (Å²) in [7, 11) is 1.58. The lowest BCUT2D eigenvalue weighted by Gasteiger charge is -2.13. The van der Waals surface area contributed by atoms with Gasteiger partial charge in [-0.1, -0.05) is 36.4 Å². The number of guanidine groups is 1. The van der Waals surface area contributed by atoms with Crippen LogP contribution >= 0.6 is 24.0 Å². The summed E-state index contributed by atoms with van der Waals surface area (Å²) in [5, 5.41) is 11.8. The molecule has 7 nitrogen and oxygen atoms in total. The molecule has 0 aliphatic heterocycles. The van der Waals surface area contributed by atoms with Crippen molar-refractivity contribution in [3.8, 4) is 11.5 Å². The second kappa shape index (κ2) is 14.3. The molecule has 0 saturated carbocycles. The van der Waals surface area contributed by atoms with E-state index in [1.807, 2.05) is 43.3 Å². The molecule has 34 heavy (non-hydrogen) atoms. The molecule has 3 N–H and O–H groups in total. The molecule has 3 aromatic carbocycles. The highest BCUT2D eigenvalue weighted by Crippen LogP contribution is 2.26. The summed E-state index contributed by atoms with van der Waals surface area (Å²) in [6.07, 6.45) is 0.840. The Labute approximate surface area is 218 Å². The van der Waals surface area contributed by atoms with Gasteiger partial charge in [0.15, 0.2) is 5.96 Å². The third-order valence-corrected chi connectivity index (χ3v) is 4.94. The van der Waals surface area contributed by atoms with Gasteiger partial charge in [0.2, 0.25) is 5.91 Å². The van der Waals surface area contributed by atoms with Crippen LogP contribution in [0.1, 0.15) is 25.8 Å². The van der Waals surface area contributed by atoms with Crippen LogP contribution in [0.5, 0.6) is 11.5 Å². The minimum atomic E-state index is -0.144. The third kappa shape index (κ3) is 8.40. The monoisotopic (exact) mass is 576 g/mol. The minimum absolute atomic E-state index is 0. The minimum Gasteiger partial charge on any atom is -0.495 e. The summed E-state index contributed by atoms with van der Waals surface area (Å²) < 4.78 is 11.2. The van der Waals surface area contributed by atoms with E-state index in [9.17, 15) is 4.79 Å². The maximum Gasteiger partial charge on any atom is 0.221 e.